The summed E-state index contributed by atoms with van der Waals surface area (Å²) in [6.07, 6.45) is 0. The smallest absolute Gasteiger partial charge is 0.113 e. The van der Waals surface area contributed by atoms with Gasteiger partial charge in [-0.15, -0.1) is 0 Å². The van der Waals surface area contributed by atoms with Crippen LogP contribution in [0.4, 0.5) is 17.1 Å². The first kappa shape index (κ1) is 35.3. The average molecular weight is 807 g/mol. The molecular weight excluding hydrogens is 765 g/mol. The number of hydrogen-bond donors (Lipinski definition) is 0. The first-order valence-corrected chi connectivity index (χ1v) is 24.8. The number of nitrogens with zero attached hydrogens (tertiary/aromatic N) is 2. The highest BCUT2D eigenvalue weighted by Gasteiger charge is 2.52. The highest BCUT2D eigenvalue weighted by molar-refractivity contribution is 7.01. The van der Waals surface area contributed by atoms with E-state index >= 15 is 0 Å². The van der Waals surface area contributed by atoms with E-state index in [9.17, 15) is 0 Å². The molecule has 1 atom stereocenters. The first-order valence-electron chi connectivity index (χ1n) is 21.8. The second-order valence-electron chi connectivity index (χ2n) is 17.6. The van der Waals surface area contributed by atoms with Gasteiger partial charge >= 0.3 is 0 Å². The molecule has 2 aliphatic rings. The lowest BCUT2D eigenvalue weighted by atomic mass is 9.59. The van der Waals surface area contributed by atoms with E-state index < -0.39 is 13.5 Å². The van der Waals surface area contributed by atoms with Gasteiger partial charge in [0.15, 0.2) is 0 Å². The number of aromatic nitrogens is 1. The lowest BCUT2D eigenvalue weighted by molar-refractivity contribution is 0.754. The van der Waals surface area contributed by atoms with Crippen LogP contribution in [0.5, 0.6) is 0 Å². The van der Waals surface area contributed by atoms with E-state index in [1.807, 2.05) is 0 Å². The van der Waals surface area contributed by atoms with Crippen molar-refractivity contribution in [1.29, 1.82) is 0 Å². The molecule has 1 aliphatic heterocycles. The Kier molecular flexibility index (Phi) is 7.41. The van der Waals surface area contributed by atoms with Gasteiger partial charge in [0.05, 0.1) is 22.1 Å². The highest BCUT2D eigenvalue weighted by Crippen LogP contribution is 2.56. The number of rotatable bonds is 4. The van der Waals surface area contributed by atoms with Crippen molar-refractivity contribution >= 4 is 78.9 Å². The van der Waals surface area contributed by atoms with Gasteiger partial charge < -0.3 is 9.47 Å². The van der Waals surface area contributed by atoms with Gasteiger partial charge in [0.25, 0.3) is 0 Å². The molecule has 0 radical (unpaired) electrons. The molecule has 11 aromatic rings. The van der Waals surface area contributed by atoms with E-state index in [0.29, 0.717) is 0 Å². The molecule has 1 aliphatic carbocycles. The normalized spacial score (nSPS) is 15.8. The number of fused-ring (bicyclic) bond motifs is 12. The van der Waals surface area contributed by atoms with E-state index in [1.54, 1.807) is 0 Å². The van der Waals surface area contributed by atoms with Crippen molar-refractivity contribution in [3.63, 3.8) is 0 Å². The lowest BCUT2D eigenvalue weighted by Gasteiger charge is -2.50. The third kappa shape index (κ3) is 4.69. The molecule has 0 fully saturated rings. The Morgan fingerprint density at radius 2 is 0.984 bits per heavy atom. The summed E-state index contributed by atoms with van der Waals surface area (Å²) in [5.74, 6) is 0. The van der Waals surface area contributed by atoms with Crippen LogP contribution >= 0.6 is 0 Å². The molecule has 3 heteroatoms. The van der Waals surface area contributed by atoms with Crippen LogP contribution in [0.3, 0.4) is 0 Å². The van der Waals surface area contributed by atoms with Crippen LogP contribution in [-0.4, -0.2) is 12.6 Å². The number of hydrogen-bond acceptors (Lipinski definition) is 1. The van der Waals surface area contributed by atoms with Gasteiger partial charge in [-0.2, -0.15) is 0 Å². The zero-order valence-corrected chi connectivity index (χ0v) is 35.7. The van der Waals surface area contributed by atoms with Crippen molar-refractivity contribution in [2.45, 2.75) is 18.5 Å². The van der Waals surface area contributed by atoms with Gasteiger partial charge in [-0.25, -0.2) is 0 Å². The predicted molar refractivity (Wildman–Crippen MR) is 265 cm³/mol. The lowest BCUT2D eigenvalue weighted by Crippen LogP contribution is -2.63. The van der Waals surface area contributed by atoms with Crippen LogP contribution in [-0.2, 0) is 5.41 Å². The maximum Gasteiger partial charge on any atom is 0.113 e. The summed E-state index contributed by atoms with van der Waals surface area (Å²) in [5.41, 5.74) is 14.8. The predicted octanol–water partition coefficient (Wildman–Crippen LogP) is 14.1. The van der Waals surface area contributed by atoms with E-state index in [2.05, 4.69) is 241 Å². The first-order chi connectivity index (χ1) is 30.5. The molecule has 10 aromatic carbocycles. The summed E-state index contributed by atoms with van der Waals surface area (Å²) in [4.78, 5) is 2.48. The largest absolute Gasteiger partial charge is 0.310 e. The van der Waals surface area contributed by atoms with E-state index in [-0.39, 0.29) is 0 Å². The molecule has 13 rings (SSSR count). The van der Waals surface area contributed by atoms with Crippen LogP contribution in [0.15, 0.2) is 218 Å². The number of benzene rings is 10. The molecule has 2 nitrogen and oxygen atoms in total. The van der Waals surface area contributed by atoms with Crippen LogP contribution in [0, 0.1) is 0 Å². The molecule has 1 aromatic heterocycles. The molecule has 1 unspecified atom stereocenters. The van der Waals surface area contributed by atoms with E-state index in [0.717, 1.165) is 11.4 Å². The maximum absolute atomic E-state index is 2.57. The fourth-order valence-corrected chi connectivity index (χ4v) is 14.8. The summed E-state index contributed by atoms with van der Waals surface area (Å²) in [5, 5.41) is 10.6. The molecular formula is C59H42N2Si. The zero-order valence-electron chi connectivity index (χ0n) is 34.7. The monoisotopic (exact) mass is 806 g/mol. The van der Waals surface area contributed by atoms with Gasteiger partial charge in [-0.05, 0) is 115 Å². The fraction of sp³-hybridized carbons (Fsp3) is 0.0508. The molecule has 2 heterocycles. The second kappa shape index (κ2) is 13.0. The molecule has 0 saturated heterocycles. The van der Waals surface area contributed by atoms with Gasteiger partial charge in [-0.1, -0.05) is 177 Å². The number of anilines is 3. The molecule has 0 bridgehead atoms. The summed E-state index contributed by atoms with van der Waals surface area (Å²) in [6, 6.07) is 82.1. The zero-order chi connectivity index (χ0) is 41.2. The Morgan fingerprint density at radius 1 is 0.387 bits per heavy atom. The summed E-state index contributed by atoms with van der Waals surface area (Å²) in [6.45, 7) is 5.12. The van der Waals surface area contributed by atoms with Gasteiger partial charge in [0.1, 0.15) is 8.07 Å². The minimum absolute atomic E-state index is 0.475. The Balaban J connectivity index is 1.07. The van der Waals surface area contributed by atoms with Gasteiger partial charge in [0, 0.05) is 33.2 Å². The SMILES string of the molecule is C[Si]1(C)c2ccccc2C2(c3ccccc3-c3cccc4cccc2c34)c2ccc(N(c3ccccc3)c3ccc4c(c3)c3ccccc3n4-c3cccc4ccccc34)cc21. The number of para-hydroxylation sites is 2. The second-order valence-corrected chi connectivity index (χ2v) is 22.0. The Hall–Kier alpha value is -7.46. The molecule has 62 heavy (non-hydrogen) atoms. The van der Waals surface area contributed by atoms with Gasteiger partial charge in [-0.3, -0.25) is 0 Å². The Labute approximate surface area is 362 Å². The van der Waals surface area contributed by atoms with Crippen LogP contribution in [0.1, 0.15) is 22.3 Å². The van der Waals surface area contributed by atoms with E-state index in [1.165, 1.54) is 98.5 Å². The highest BCUT2D eigenvalue weighted by atomic mass is 28.3. The van der Waals surface area contributed by atoms with Crippen molar-refractivity contribution in [2.75, 3.05) is 4.90 Å². The molecule has 0 saturated carbocycles. The van der Waals surface area contributed by atoms with Crippen LogP contribution in [0.2, 0.25) is 13.1 Å². The molecule has 1 spiro atoms. The van der Waals surface area contributed by atoms with Crippen molar-refractivity contribution in [3.8, 4) is 16.8 Å². The standard InChI is InChI=1S/C59H42N2Si/c1-62(2)56-32-13-11-28-50(56)59(49-27-10-8-24-45(49)47-26-14-19-40-20-15-29-52(59)58(40)47)51-35-33-43(38-57(51)62)60(41-21-4-3-5-22-41)42-34-36-55-48(37-42)46-25-9-12-30-54(46)61(55)53-31-16-18-39-17-6-7-23-44(39)53/h3-38H,1-2H3. The minimum Gasteiger partial charge on any atom is -0.310 e. The quantitative estimate of drug-likeness (QED) is 0.161. The molecule has 0 N–H and O–H groups in total. The van der Waals surface area contributed by atoms with Crippen molar-refractivity contribution in [2.24, 2.45) is 0 Å². The van der Waals surface area contributed by atoms with E-state index in [4.69, 9.17) is 0 Å². The Morgan fingerprint density at radius 3 is 1.87 bits per heavy atom. The van der Waals surface area contributed by atoms with Crippen LogP contribution in [0.25, 0.3) is 60.2 Å². The summed E-state index contributed by atoms with van der Waals surface area (Å²) >= 11 is 0. The average Bonchev–Trinajstić information content (AvgIpc) is 3.65. The third-order valence-electron chi connectivity index (χ3n) is 14.2. The van der Waals surface area contributed by atoms with Gasteiger partial charge in [0.2, 0.25) is 0 Å². The molecule has 292 valence electrons. The van der Waals surface area contributed by atoms with Crippen LogP contribution < -0.4 is 15.3 Å². The minimum atomic E-state index is -2.28. The summed E-state index contributed by atoms with van der Waals surface area (Å²) in [7, 11) is -2.28. The summed E-state index contributed by atoms with van der Waals surface area (Å²) < 4.78 is 2.45. The Bertz CT molecular complexity index is 3630. The maximum atomic E-state index is 2.57. The van der Waals surface area contributed by atoms with Crippen molar-refractivity contribution in [1.82, 2.24) is 4.57 Å². The van der Waals surface area contributed by atoms with Crippen molar-refractivity contribution in [3.05, 3.63) is 241 Å². The van der Waals surface area contributed by atoms with Crippen molar-refractivity contribution < 1.29 is 0 Å². The molecule has 0 amide bonds. The fourth-order valence-electron chi connectivity index (χ4n) is 11.6. The topological polar surface area (TPSA) is 8.17 Å². The third-order valence-corrected chi connectivity index (χ3v) is 17.8.